The Hall–Kier alpha value is -0.820. The molecule has 1 aliphatic heterocycles. The summed E-state index contributed by atoms with van der Waals surface area (Å²) in [7, 11) is 0. The molecule has 1 heteroatoms. The van der Waals surface area contributed by atoms with Crippen molar-refractivity contribution in [2.45, 2.75) is 51.0 Å². The van der Waals surface area contributed by atoms with Crippen LogP contribution in [-0.2, 0) is 18.4 Å². The molecule has 1 aromatic carbocycles. The van der Waals surface area contributed by atoms with Crippen molar-refractivity contribution in [1.29, 1.82) is 0 Å². The maximum Gasteiger partial charge on any atom is 0.0409 e. The smallest absolute Gasteiger partial charge is 0.0409 e. The Morgan fingerprint density at radius 1 is 1.12 bits per heavy atom. The lowest BCUT2D eigenvalue weighted by Gasteiger charge is -2.30. The van der Waals surface area contributed by atoms with E-state index >= 15 is 0 Å². The molecule has 0 saturated carbocycles. The third-order valence-corrected chi connectivity index (χ3v) is 4.36. The molecule has 0 amide bonds. The summed E-state index contributed by atoms with van der Waals surface area (Å²) in [6.45, 7) is 3.56. The third-order valence-electron chi connectivity index (χ3n) is 4.36. The first-order chi connectivity index (χ1) is 7.80. The lowest BCUT2D eigenvalue weighted by Crippen LogP contribution is -2.34. The van der Waals surface area contributed by atoms with Gasteiger partial charge in [0.15, 0.2) is 0 Å². The molecule has 1 saturated heterocycles. The molecule has 0 radical (unpaired) electrons. The molecule has 1 nitrogen and oxygen atoms in total. The highest BCUT2D eigenvalue weighted by Gasteiger charge is 2.32. The van der Waals surface area contributed by atoms with Crippen molar-refractivity contribution < 1.29 is 0 Å². The third kappa shape index (κ3) is 1.58. The maximum atomic E-state index is 3.70. The Labute approximate surface area is 98.3 Å². The number of nitrogens with one attached hydrogen (secondary N) is 1. The fraction of sp³-hybridized carbons (Fsp3) is 0.600. The van der Waals surface area contributed by atoms with Gasteiger partial charge < -0.3 is 5.32 Å². The van der Waals surface area contributed by atoms with E-state index in [1.165, 1.54) is 45.1 Å². The Balaban J connectivity index is 2.06. The van der Waals surface area contributed by atoms with Crippen molar-refractivity contribution in [3.63, 3.8) is 0 Å². The molecule has 1 aliphatic carbocycles. The zero-order valence-corrected chi connectivity index (χ0v) is 10.2. The van der Waals surface area contributed by atoms with E-state index in [0.717, 1.165) is 0 Å². The normalized spacial score (nSPS) is 29.1. The summed E-state index contributed by atoms with van der Waals surface area (Å²) in [6, 6.07) is 6.93. The molecule has 1 heterocycles. The van der Waals surface area contributed by atoms with Crippen molar-refractivity contribution >= 4 is 0 Å². The van der Waals surface area contributed by atoms with E-state index in [0.29, 0.717) is 0 Å². The van der Waals surface area contributed by atoms with Gasteiger partial charge in [-0.25, -0.2) is 0 Å². The van der Waals surface area contributed by atoms with Crippen molar-refractivity contribution in [3.05, 3.63) is 34.9 Å². The number of hydrogen-bond donors (Lipinski definition) is 1. The summed E-state index contributed by atoms with van der Waals surface area (Å²) in [5.41, 5.74) is 5.11. The van der Waals surface area contributed by atoms with Gasteiger partial charge in [-0.05, 0) is 68.7 Å². The van der Waals surface area contributed by atoms with Gasteiger partial charge in [-0.1, -0.05) is 18.2 Å². The summed E-state index contributed by atoms with van der Waals surface area (Å²) < 4.78 is 0. The molecule has 0 spiro atoms. The van der Waals surface area contributed by atoms with Crippen LogP contribution in [0.1, 0.15) is 49.3 Å². The van der Waals surface area contributed by atoms with E-state index in [4.69, 9.17) is 0 Å². The van der Waals surface area contributed by atoms with Crippen LogP contribution in [0.3, 0.4) is 0 Å². The highest BCUT2D eigenvalue weighted by molar-refractivity contribution is 5.41. The number of benzene rings is 1. The van der Waals surface area contributed by atoms with Gasteiger partial charge in [0, 0.05) is 5.54 Å². The molecule has 1 fully saturated rings. The number of aryl methyl sites for hydroxylation is 1. The summed E-state index contributed by atoms with van der Waals surface area (Å²) in [5, 5.41) is 3.70. The van der Waals surface area contributed by atoms with E-state index < -0.39 is 0 Å². The quantitative estimate of drug-likeness (QED) is 0.758. The van der Waals surface area contributed by atoms with Crippen LogP contribution in [0.15, 0.2) is 18.2 Å². The minimum atomic E-state index is 0.253. The summed E-state index contributed by atoms with van der Waals surface area (Å²) in [6.07, 6.45) is 7.95. The van der Waals surface area contributed by atoms with Crippen molar-refractivity contribution in [1.82, 2.24) is 5.32 Å². The molecule has 86 valence electrons. The predicted octanol–water partition coefficient (Wildman–Crippen LogP) is 3.16. The SMILES string of the molecule is CC1(c2cccc3c2CCCC3)CCCN1. The molecule has 1 N–H and O–H groups in total. The molecule has 1 aromatic rings. The highest BCUT2D eigenvalue weighted by Crippen LogP contribution is 2.36. The second-order valence-electron chi connectivity index (χ2n) is 5.51. The van der Waals surface area contributed by atoms with Gasteiger partial charge in [0.25, 0.3) is 0 Å². The second kappa shape index (κ2) is 3.89. The van der Waals surface area contributed by atoms with Gasteiger partial charge in [0.2, 0.25) is 0 Å². The van der Waals surface area contributed by atoms with E-state index in [9.17, 15) is 0 Å². The average Bonchev–Trinajstić information content (AvgIpc) is 2.77. The van der Waals surface area contributed by atoms with Crippen LogP contribution in [0.2, 0.25) is 0 Å². The van der Waals surface area contributed by atoms with Crippen molar-refractivity contribution in [2.24, 2.45) is 0 Å². The zero-order chi connectivity index (χ0) is 11.0. The van der Waals surface area contributed by atoms with Gasteiger partial charge in [-0.2, -0.15) is 0 Å². The predicted molar refractivity (Wildman–Crippen MR) is 67.7 cm³/mol. The van der Waals surface area contributed by atoms with Crippen LogP contribution in [0.5, 0.6) is 0 Å². The summed E-state index contributed by atoms with van der Waals surface area (Å²) in [4.78, 5) is 0. The minimum absolute atomic E-state index is 0.253. The summed E-state index contributed by atoms with van der Waals surface area (Å²) in [5.74, 6) is 0. The molecule has 0 aromatic heterocycles. The van der Waals surface area contributed by atoms with Crippen LogP contribution in [0.25, 0.3) is 0 Å². The minimum Gasteiger partial charge on any atom is -0.308 e. The van der Waals surface area contributed by atoms with Gasteiger partial charge in [0.05, 0.1) is 0 Å². The molecule has 1 unspecified atom stereocenters. The Kier molecular flexibility index (Phi) is 2.51. The Bertz CT molecular complexity index is 388. The van der Waals surface area contributed by atoms with E-state index in [-0.39, 0.29) is 5.54 Å². The second-order valence-corrected chi connectivity index (χ2v) is 5.51. The first-order valence-electron chi connectivity index (χ1n) is 6.66. The van der Waals surface area contributed by atoms with E-state index in [1.54, 1.807) is 16.7 Å². The molecule has 1 atom stereocenters. The largest absolute Gasteiger partial charge is 0.308 e. The van der Waals surface area contributed by atoms with Gasteiger partial charge in [0.1, 0.15) is 0 Å². The lowest BCUT2D eigenvalue weighted by atomic mass is 9.80. The van der Waals surface area contributed by atoms with Crippen molar-refractivity contribution in [3.8, 4) is 0 Å². The average molecular weight is 215 g/mol. The van der Waals surface area contributed by atoms with Crippen LogP contribution in [0.4, 0.5) is 0 Å². The number of fused-ring (bicyclic) bond motifs is 1. The topological polar surface area (TPSA) is 12.0 Å². The number of rotatable bonds is 1. The fourth-order valence-electron chi connectivity index (χ4n) is 3.42. The van der Waals surface area contributed by atoms with E-state index in [1.807, 2.05) is 0 Å². The maximum absolute atomic E-state index is 3.70. The van der Waals surface area contributed by atoms with Crippen LogP contribution >= 0.6 is 0 Å². The first kappa shape index (κ1) is 10.3. The van der Waals surface area contributed by atoms with Crippen LogP contribution in [0, 0.1) is 0 Å². The monoisotopic (exact) mass is 215 g/mol. The molecular formula is C15H21N. The van der Waals surface area contributed by atoms with Gasteiger partial charge in [-0.3, -0.25) is 0 Å². The number of hydrogen-bond acceptors (Lipinski definition) is 1. The standard InChI is InChI=1S/C15H21N/c1-15(10-5-11-16-15)14-9-4-7-12-6-2-3-8-13(12)14/h4,7,9,16H,2-3,5-6,8,10-11H2,1H3. The van der Waals surface area contributed by atoms with Crippen LogP contribution < -0.4 is 5.32 Å². The fourth-order valence-corrected chi connectivity index (χ4v) is 3.42. The Morgan fingerprint density at radius 3 is 2.81 bits per heavy atom. The molecule has 0 bridgehead atoms. The zero-order valence-electron chi connectivity index (χ0n) is 10.2. The Morgan fingerprint density at radius 2 is 2.00 bits per heavy atom. The highest BCUT2D eigenvalue weighted by atomic mass is 15.0. The van der Waals surface area contributed by atoms with E-state index in [2.05, 4.69) is 30.4 Å². The summed E-state index contributed by atoms with van der Waals surface area (Å²) >= 11 is 0. The molecule has 3 rings (SSSR count). The lowest BCUT2D eigenvalue weighted by molar-refractivity contribution is 0.428. The van der Waals surface area contributed by atoms with Crippen LogP contribution in [-0.4, -0.2) is 6.54 Å². The molecule has 16 heavy (non-hydrogen) atoms. The molecular weight excluding hydrogens is 194 g/mol. The molecule has 2 aliphatic rings. The van der Waals surface area contributed by atoms with Gasteiger partial charge >= 0.3 is 0 Å². The van der Waals surface area contributed by atoms with Crippen molar-refractivity contribution in [2.75, 3.05) is 6.54 Å². The first-order valence-corrected chi connectivity index (χ1v) is 6.66. The van der Waals surface area contributed by atoms with Gasteiger partial charge in [-0.15, -0.1) is 0 Å².